The first-order valence-corrected chi connectivity index (χ1v) is 8.33. The number of piperidine rings is 1. The standard InChI is InChI=1S/C14H28N2OS/c1-5-14(6-2,18-4)11-15-12(17)13(3)9-7-8-10-16-13/h16H,5-11H2,1-4H3,(H,15,17). The number of thioether (sulfide) groups is 1. The first-order chi connectivity index (χ1) is 8.52. The quantitative estimate of drug-likeness (QED) is 0.781. The molecule has 3 nitrogen and oxygen atoms in total. The van der Waals surface area contributed by atoms with E-state index in [1.807, 2.05) is 18.7 Å². The third-order valence-corrected chi connectivity index (χ3v) is 6.00. The molecule has 0 aromatic carbocycles. The molecule has 1 heterocycles. The smallest absolute Gasteiger partial charge is 0.240 e. The SMILES string of the molecule is CCC(CC)(CNC(=O)C1(C)CCCCN1)SC. The summed E-state index contributed by atoms with van der Waals surface area (Å²) in [5.41, 5.74) is -0.357. The number of nitrogens with one attached hydrogen (secondary N) is 2. The number of amides is 1. The maximum absolute atomic E-state index is 12.3. The topological polar surface area (TPSA) is 41.1 Å². The average Bonchev–Trinajstić information content (AvgIpc) is 2.41. The molecule has 0 bridgehead atoms. The highest BCUT2D eigenvalue weighted by Crippen LogP contribution is 2.30. The Morgan fingerprint density at radius 3 is 2.50 bits per heavy atom. The second-order valence-electron chi connectivity index (χ2n) is 5.49. The van der Waals surface area contributed by atoms with Crippen molar-refractivity contribution in [3.8, 4) is 0 Å². The summed E-state index contributed by atoms with van der Waals surface area (Å²) >= 11 is 1.87. The lowest BCUT2D eigenvalue weighted by molar-refractivity contribution is -0.128. The second kappa shape index (κ2) is 6.80. The van der Waals surface area contributed by atoms with E-state index < -0.39 is 0 Å². The van der Waals surface area contributed by atoms with Crippen molar-refractivity contribution in [3.63, 3.8) is 0 Å². The summed E-state index contributed by atoms with van der Waals surface area (Å²) in [6, 6.07) is 0. The molecule has 106 valence electrons. The summed E-state index contributed by atoms with van der Waals surface area (Å²) in [5.74, 6) is 0.169. The van der Waals surface area contributed by atoms with Crippen molar-refractivity contribution < 1.29 is 4.79 Å². The minimum atomic E-state index is -0.357. The Morgan fingerprint density at radius 1 is 1.39 bits per heavy atom. The Morgan fingerprint density at radius 2 is 2.06 bits per heavy atom. The minimum Gasteiger partial charge on any atom is -0.353 e. The lowest BCUT2D eigenvalue weighted by Crippen LogP contribution is -2.58. The summed E-state index contributed by atoms with van der Waals surface area (Å²) in [6.07, 6.45) is 7.60. The Hall–Kier alpha value is -0.220. The van der Waals surface area contributed by atoms with Crippen LogP contribution < -0.4 is 10.6 Å². The van der Waals surface area contributed by atoms with E-state index in [0.29, 0.717) is 0 Å². The molecule has 1 fully saturated rings. The monoisotopic (exact) mass is 272 g/mol. The summed E-state index contributed by atoms with van der Waals surface area (Å²) in [5, 5.41) is 6.53. The summed E-state index contributed by atoms with van der Waals surface area (Å²) in [7, 11) is 0. The maximum atomic E-state index is 12.3. The summed E-state index contributed by atoms with van der Waals surface area (Å²) in [6.45, 7) is 8.16. The van der Waals surface area contributed by atoms with Crippen molar-refractivity contribution >= 4 is 17.7 Å². The van der Waals surface area contributed by atoms with Crippen LogP contribution in [0.15, 0.2) is 0 Å². The van der Waals surface area contributed by atoms with Gasteiger partial charge < -0.3 is 10.6 Å². The van der Waals surface area contributed by atoms with Gasteiger partial charge in [-0.2, -0.15) is 11.8 Å². The van der Waals surface area contributed by atoms with Gasteiger partial charge >= 0.3 is 0 Å². The van der Waals surface area contributed by atoms with Crippen LogP contribution in [0.2, 0.25) is 0 Å². The van der Waals surface area contributed by atoms with E-state index in [2.05, 4.69) is 30.7 Å². The van der Waals surface area contributed by atoms with E-state index in [4.69, 9.17) is 0 Å². The summed E-state index contributed by atoms with van der Waals surface area (Å²) in [4.78, 5) is 12.3. The van der Waals surface area contributed by atoms with Gasteiger partial charge in [-0.25, -0.2) is 0 Å². The fourth-order valence-electron chi connectivity index (χ4n) is 2.55. The number of carbonyl (C=O) groups excluding carboxylic acids is 1. The van der Waals surface area contributed by atoms with E-state index >= 15 is 0 Å². The molecular weight excluding hydrogens is 244 g/mol. The van der Waals surface area contributed by atoms with Crippen LogP contribution in [0.4, 0.5) is 0 Å². The lowest BCUT2D eigenvalue weighted by Gasteiger charge is -2.36. The third-order valence-electron chi connectivity index (χ3n) is 4.41. The number of hydrogen-bond acceptors (Lipinski definition) is 3. The van der Waals surface area contributed by atoms with Gasteiger partial charge in [0, 0.05) is 11.3 Å². The van der Waals surface area contributed by atoms with Crippen LogP contribution in [0.25, 0.3) is 0 Å². The molecule has 0 radical (unpaired) electrons. The molecule has 4 heteroatoms. The van der Waals surface area contributed by atoms with Gasteiger partial charge in [-0.15, -0.1) is 0 Å². The van der Waals surface area contributed by atoms with E-state index in [-0.39, 0.29) is 16.2 Å². The van der Waals surface area contributed by atoms with Crippen molar-refractivity contribution in [1.82, 2.24) is 10.6 Å². The van der Waals surface area contributed by atoms with Crippen LogP contribution >= 0.6 is 11.8 Å². The van der Waals surface area contributed by atoms with Gasteiger partial charge in [-0.1, -0.05) is 13.8 Å². The molecule has 1 amide bonds. The maximum Gasteiger partial charge on any atom is 0.240 e. The van der Waals surface area contributed by atoms with Crippen LogP contribution in [0, 0.1) is 0 Å². The molecule has 2 N–H and O–H groups in total. The summed E-state index contributed by atoms with van der Waals surface area (Å²) < 4.78 is 0.195. The number of carbonyl (C=O) groups is 1. The van der Waals surface area contributed by atoms with Gasteiger partial charge in [0.05, 0.1) is 5.54 Å². The molecule has 0 aliphatic carbocycles. The molecule has 1 saturated heterocycles. The molecule has 1 aliphatic heterocycles. The van der Waals surface area contributed by atoms with Crippen molar-refractivity contribution in [1.29, 1.82) is 0 Å². The largest absolute Gasteiger partial charge is 0.353 e. The number of hydrogen-bond donors (Lipinski definition) is 2. The van der Waals surface area contributed by atoms with Crippen molar-refractivity contribution in [2.45, 2.75) is 63.2 Å². The van der Waals surface area contributed by atoms with Gasteiger partial charge in [-0.3, -0.25) is 4.79 Å². The van der Waals surface area contributed by atoms with Gasteiger partial charge in [0.1, 0.15) is 0 Å². The van der Waals surface area contributed by atoms with Gasteiger partial charge in [0.25, 0.3) is 0 Å². The first-order valence-electron chi connectivity index (χ1n) is 7.10. The number of rotatable bonds is 6. The molecule has 0 saturated carbocycles. The molecule has 1 atom stereocenters. The van der Waals surface area contributed by atoms with E-state index in [1.165, 1.54) is 6.42 Å². The molecule has 18 heavy (non-hydrogen) atoms. The van der Waals surface area contributed by atoms with E-state index in [1.54, 1.807) is 0 Å². The average molecular weight is 272 g/mol. The zero-order chi connectivity index (χ0) is 13.6. The fraction of sp³-hybridized carbons (Fsp3) is 0.929. The Balaban J connectivity index is 2.54. The molecule has 0 spiro atoms. The third kappa shape index (κ3) is 3.64. The van der Waals surface area contributed by atoms with E-state index in [0.717, 1.165) is 38.8 Å². The van der Waals surface area contributed by atoms with Gasteiger partial charge in [0.2, 0.25) is 5.91 Å². The van der Waals surface area contributed by atoms with Crippen LogP contribution in [0.3, 0.4) is 0 Å². The molecule has 1 unspecified atom stereocenters. The fourth-order valence-corrected chi connectivity index (χ4v) is 3.34. The Labute approximate surface area is 116 Å². The van der Waals surface area contributed by atoms with Crippen LogP contribution in [-0.4, -0.2) is 35.5 Å². The van der Waals surface area contributed by atoms with Gasteiger partial charge in [0.15, 0.2) is 0 Å². The van der Waals surface area contributed by atoms with E-state index in [9.17, 15) is 4.79 Å². The van der Waals surface area contributed by atoms with Crippen LogP contribution in [0.5, 0.6) is 0 Å². The highest BCUT2D eigenvalue weighted by Gasteiger charge is 2.35. The first kappa shape index (κ1) is 15.8. The van der Waals surface area contributed by atoms with Crippen molar-refractivity contribution in [2.75, 3.05) is 19.3 Å². The zero-order valence-corrected chi connectivity index (χ0v) is 13.1. The molecular formula is C14H28N2OS. The van der Waals surface area contributed by atoms with Crippen molar-refractivity contribution in [3.05, 3.63) is 0 Å². The zero-order valence-electron chi connectivity index (χ0n) is 12.3. The Bertz CT molecular complexity index is 263. The predicted molar refractivity (Wildman–Crippen MR) is 80.1 cm³/mol. The normalized spacial score (nSPS) is 24.9. The van der Waals surface area contributed by atoms with Gasteiger partial charge in [-0.05, 0) is 51.8 Å². The molecule has 1 rings (SSSR count). The lowest BCUT2D eigenvalue weighted by atomic mass is 9.89. The minimum absolute atomic E-state index is 0.169. The molecule has 0 aromatic heterocycles. The molecule has 1 aliphatic rings. The van der Waals surface area contributed by atoms with Crippen LogP contribution in [-0.2, 0) is 4.79 Å². The Kier molecular flexibility index (Phi) is 5.99. The highest BCUT2D eigenvalue weighted by molar-refractivity contribution is 8.00. The molecule has 0 aromatic rings. The second-order valence-corrected chi connectivity index (χ2v) is 6.77. The highest BCUT2D eigenvalue weighted by atomic mass is 32.2. The predicted octanol–water partition coefficient (Wildman–Crippen LogP) is 2.56. The van der Waals surface area contributed by atoms with Crippen molar-refractivity contribution in [2.24, 2.45) is 0 Å². The van der Waals surface area contributed by atoms with Crippen LogP contribution in [0.1, 0.15) is 52.9 Å².